The van der Waals surface area contributed by atoms with E-state index in [4.69, 9.17) is 4.42 Å². The lowest BCUT2D eigenvalue weighted by Gasteiger charge is -2.32. The van der Waals surface area contributed by atoms with E-state index in [2.05, 4.69) is 276 Å². The molecule has 0 aliphatic heterocycles. The van der Waals surface area contributed by atoms with E-state index in [1.165, 1.54) is 71.7 Å². The Morgan fingerprint density at radius 1 is 0.351 bits per heavy atom. The minimum atomic E-state index is -0.465. The highest BCUT2D eigenvalue weighted by Crippen LogP contribution is 2.64. The van der Waals surface area contributed by atoms with Gasteiger partial charge in [0.15, 0.2) is 0 Å². The second kappa shape index (κ2) is 15.6. The van der Waals surface area contributed by atoms with Gasteiger partial charge in [-0.3, -0.25) is 0 Å². The summed E-state index contributed by atoms with van der Waals surface area (Å²) in [5, 5.41) is 7.08. The third-order valence-corrected chi connectivity index (χ3v) is 16.2. The summed E-state index contributed by atoms with van der Waals surface area (Å²) in [6.07, 6.45) is 0. The van der Waals surface area contributed by atoms with Crippen molar-refractivity contribution in [3.63, 3.8) is 0 Å². The van der Waals surface area contributed by atoms with Gasteiger partial charge in [-0.1, -0.05) is 200 Å². The molecule has 2 aliphatic rings. The fourth-order valence-electron chi connectivity index (χ4n) is 13.2. The number of aromatic nitrogens is 1. The van der Waals surface area contributed by atoms with Crippen molar-refractivity contribution >= 4 is 71.6 Å². The highest BCUT2D eigenvalue weighted by atomic mass is 16.3. The number of benzene rings is 12. The van der Waals surface area contributed by atoms with Crippen LogP contribution in [-0.2, 0) is 5.41 Å². The first-order chi connectivity index (χ1) is 36.7. The Balaban J connectivity index is 0.873. The van der Waals surface area contributed by atoms with Crippen LogP contribution in [-0.4, -0.2) is 4.57 Å². The largest absolute Gasteiger partial charge is 0.455 e. The van der Waals surface area contributed by atoms with Crippen LogP contribution in [0.2, 0.25) is 0 Å². The molecule has 1 spiro atoms. The Labute approximate surface area is 428 Å². The summed E-state index contributed by atoms with van der Waals surface area (Å²) >= 11 is 0. The summed E-state index contributed by atoms with van der Waals surface area (Å²) in [4.78, 5) is 2.48. The molecular formula is C71H44N2O. The topological polar surface area (TPSA) is 21.3 Å². The van der Waals surface area contributed by atoms with Crippen molar-refractivity contribution in [2.75, 3.05) is 4.90 Å². The van der Waals surface area contributed by atoms with E-state index in [-0.39, 0.29) is 0 Å². The smallest absolute Gasteiger partial charge is 0.143 e. The van der Waals surface area contributed by atoms with E-state index in [9.17, 15) is 0 Å². The van der Waals surface area contributed by atoms with Crippen LogP contribution < -0.4 is 4.90 Å². The highest BCUT2D eigenvalue weighted by Gasteiger charge is 2.52. The van der Waals surface area contributed by atoms with E-state index in [1.54, 1.807) is 0 Å². The maximum atomic E-state index is 6.65. The Hall–Kier alpha value is -9.70. The number of hydrogen-bond acceptors (Lipinski definition) is 2. The van der Waals surface area contributed by atoms with Crippen LogP contribution in [0.5, 0.6) is 0 Å². The molecule has 0 bridgehead atoms. The first-order valence-corrected chi connectivity index (χ1v) is 25.6. The van der Waals surface area contributed by atoms with Crippen molar-refractivity contribution < 1.29 is 4.42 Å². The lowest BCUT2D eigenvalue weighted by atomic mass is 9.70. The molecular weight excluding hydrogens is 897 g/mol. The van der Waals surface area contributed by atoms with E-state index in [0.717, 1.165) is 72.3 Å². The lowest BCUT2D eigenvalue weighted by Crippen LogP contribution is -2.26. The molecule has 0 atom stereocenters. The molecule has 2 heterocycles. The van der Waals surface area contributed by atoms with Crippen LogP contribution in [0.1, 0.15) is 22.3 Å². The Morgan fingerprint density at radius 2 is 0.892 bits per heavy atom. The van der Waals surface area contributed by atoms with E-state index < -0.39 is 5.41 Å². The quantitative estimate of drug-likeness (QED) is 0.166. The Kier molecular flexibility index (Phi) is 8.66. The molecule has 0 saturated heterocycles. The summed E-state index contributed by atoms with van der Waals surface area (Å²) in [5.41, 5.74) is 23.2. The normalized spacial score (nSPS) is 13.0. The summed E-state index contributed by atoms with van der Waals surface area (Å²) in [7, 11) is 0. The molecule has 3 heteroatoms. The third-order valence-electron chi connectivity index (χ3n) is 16.2. The number of para-hydroxylation sites is 2. The van der Waals surface area contributed by atoms with E-state index >= 15 is 0 Å². The monoisotopic (exact) mass is 940 g/mol. The molecule has 344 valence electrons. The summed E-state index contributed by atoms with van der Waals surface area (Å²) < 4.78 is 9.05. The molecule has 14 aromatic rings. The number of fused-ring (bicyclic) bond motifs is 18. The van der Waals surface area contributed by atoms with Crippen LogP contribution in [0.25, 0.3) is 105 Å². The summed E-state index contributed by atoms with van der Waals surface area (Å²) in [5.74, 6) is 0. The maximum absolute atomic E-state index is 6.65. The maximum Gasteiger partial charge on any atom is 0.143 e. The van der Waals surface area contributed by atoms with E-state index in [0.29, 0.717) is 0 Å². The van der Waals surface area contributed by atoms with Crippen molar-refractivity contribution in [1.29, 1.82) is 0 Å². The molecule has 0 saturated carbocycles. The number of anilines is 3. The summed E-state index contributed by atoms with van der Waals surface area (Å²) in [6.45, 7) is 0. The first kappa shape index (κ1) is 41.0. The molecule has 74 heavy (non-hydrogen) atoms. The molecule has 16 rings (SSSR count). The molecule has 0 N–H and O–H groups in total. The fourth-order valence-corrected chi connectivity index (χ4v) is 13.2. The SMILES string of the molecule is c1cc(-c2ccc(N(c3ccc(-c4cccc5oc6c7ccccc7ccc6c45)cc3)c3cccc4c3-c3ccccc3C43c4ccccc4-c4ccccc43)cc2)cc(-n2c3ccccc3c3ccccc32)c1. The Bertz CT molecular complexity index is 4510. The van der Waals surface area contributed by atoms with Crippen molar-refractivity contribution in [1.82, 2.24) is 4.57 Å². The predicted octanol–water partition coefficient (Wildman–Crippen LogP) is 19.0. The second-order valence-electron chi connectivity index (χ2n) is 19.9. The zero-order valence-corrected chi connectivity index (χ0v) is 40.2. The molecule has 2 aliphatic carbocycles. The van der Waals surface area contributed by atoms with Gasteiger partial charge in [0.1, 0.15) is 11.2 Å². The molecule has 3 nitrogen and oxygen atoms in total. The van der Waals surface area contributed by atoms with Gasteiger partial charge >= 0.3 is 0 Å². The van der Waals surface area contributed by atoms with Crippen molar-refractivity contribution in [3.05, 3.63) is 289 Å². The predicted molar refractivity (Wildman–Crippen MR) is 307 cm³/mol. The molecule has 0 radical (unpaired) electrons. The van der Waals surface area contributed by atoms with Gasteiger partial charge in [-0.2, -0.15) is 0 Å². The number of furan rings is 1. The van der Waals surface area contributed by atoms with Gasteiger partial charge < -0.3 is 13.9 Å². The van der Waals surface area contributed by atoms with Gasteiger partial charge in [0, 0.05) is 49.6 Å². The third kappa shape index (κ3) is 5.66. The van der Waals surface area contributed by atoms with Crippen LogP contribution in [0, 0.1) is 0 Å². The van der Waals surface area contributed by atoms with Gasteiger partial charge in [-0.25, -0.2) is 0 Å². The zero-order chi connectivity index (χ0) is 48.5. The molecule has 0 fully saturated rings. The van der Waals surface area contributed by atoms with Gasteiger partial charge in [0.2, 0.25) is 0 Å². The average molecular weight is 941 g/mol. The number of hydrogen-bond donors (Lipinski definition) is 0. The van der Waals surface area contributed by atoms with Gasteiger partial charge in [0.25, 0.3) is 0 Å². The lowest BCUT2D eigenvalue weighted by molar-refractivity contribution is 0.673. The molecule has 0 amide bonds. The van der Waals surface area contributed by atoms with Gasteiger partial charge in [0.05, 0.1) is 22.1 Å². The van der Waals surface area contributed by atoms with Gasteiger partial charge in [-0.15, -0.1) is 0 Å². The van der Waals surface area contributed by atoms with Crippen molar-refractivity contribution in [3.8, 4) is 50.2 Å². The fraction of sp³-hybridized carbons (Fsp3) is 0.0141. The van der Waals surface area contributed by atoms with Crippen LogP contribution in [0.4, 0.5) is 17.1 Å². The van der Waals surface area contributed by atoms with E-state index in [1.807, 2.05) is 0 Å². The van der Waals surface area contributed by atoms with Crippen LogP contribution >= 0.6 is 0 Å². The van der Waals surface area contributed by atoms with Crippen molar-refractivity contribution in [2.45, 2.75) is 5.41 Å². The van der Waals surface area contributed by atoms with Crippen LogP contribution in [0.15, 0.2) is 271 Å². The zero-order valence-electron chi connectivity index (χ0n) is 40.2. The molecule has 0 unspecified atom stereocenters. The average Bonchev–Trinajstić information content (AvgIpc) is 4.26. The summed E-state index contributed by atoms with van der Waals surface area (Å²) in [6, 6.07) is 98.3. The second-order valence-corrected chi connectivity index (χ2v) is 19.9. The van der Waals surface area contributed by atoms with Gasteiger partial charge in [-0.05, 0) is 133 Å². The van der Waals surface area contributed by atoms with Crippen molar-refractivity contribution in [2.24, 2.45) is 0 Å². The molecule has 2 aromatic heterocycles. The number of rotatable bonds is 6. The standard InChI is InChI=1S/C71H44N2O/c1-2-19-53-46(16-1)38-43-59-68-52(25-14-33-67(68)74-70(53)59)47-36-41-50(42-37-47)72(49-39-34-45(35-40-49)48-17-13-18-51(44-48)73-64-30-11-6-22-56(64)57-23-7-12-31-65(57)73)66-32-15-29-63-69(66)58-24-5-10-28-62(58)71(63)60-26-8-3-20-54(60)55-21-4-9-27-61(55)71/h1-44H. The highest BCUT2D eigenvalue weighted by molar-refractivity contribution is 6.19. The minimum Gasteiger partial charge on any atom is -0.455 e. The number of nitrogens with zero attached hydrogens (tertiary/aromatic N) is 2. The minimum absolute atomic E-state index is 0.465. The first-order valence-electron chi connectivity index (χ1n) is 25.6. The van der Waals surface area contributed by atoms with Crippen LogP contribution in [0.3, 0.4) is 0 Å². The molecule has 12 aromatic carbocycles. The Morgan fingerprint density at radius 3 is 1.59 bits per heavy atom.